The van der Waals surface area contributed by atoms with Crippen molar-refractivity contribution in [3.8, 4) is 0 Å². The van der Waals surface area contributed by atoms with Crippen LogP contribution >= 0.6 is 15.9 Å². The quantitative estimate of drug-likeness (QED) is 0.535. The normalized spacial score (nSPS) is 7.73. The van der Waals surface area contributed by atoms with Crippen LogP contribution in [0.15, 0.2) is 16.7 Å². The van der Waals surface area contributed by atoms with Crippen LogP contribution in [-0.4, -0.2) is 4.98 Å². The molecule has 0 spiro atoms. The fourth-order valence-corrected chi connectivity index (χ4v) is 0.756. The second-order valence-corrected chi connectivity index (χ2v) is 2.38. The molecular formula is C5H5AmBrN3Y-. The monoisotopic (exact) mass is 516 g/mol. The molecule has 1 rings (SSSR count). The summed E-state index contributed by atoms with van der Waals surface area (Å²) in [6, 6.07) is 3.34. The summed E-state index contributed by atoms with van der Waals surface area (Å²) in [6.07, 6.45) is 0. The second kappa shape index (κ2) is 6.26. The van der Waals surface area contributed by atoms with Crippen LogP contribution in [0.25, 0.3) is 5.73 Å². The van der Waals surface area contributed by atoms with Crippen LogP contribution in [0, 0.1) is 14.3 Å². The molecule has 1 aromatic heterocycles. The van der Waals surface area contributed by atoms with E-state index < -0.39 is 0 Å². The Balaban J connectivity index is 0. The molecule has 0 saturated carbocycles. The van der Waals surface area contributed by atoms with Crippen LogP contribution in [0.2, 0.25) is 0 Å². The third-order valence-electron chi connectivity index (χ3n) is 0.892. The first-order valence-corrected chi connectivity index (χ1v) is 3.13. The van der Waals surface area contributed by atoms with Crippen molar-refractivity contribution in [3.05, 3.63) is 22.5 Å². The number of anilines is 1. The largest absolute Gasteiger partial charge is 0.480 e. The van der Waals surface area contributed by atoms with E-state index in [1.54, 1.807) is 12.1 Å². The number of pyridine rings is 1. The van der Waals surface area contributed by atoms with Crippen molar-refractivity contribution in [2.45, 2.75) is 0 Å². The van der Waals surface area contributed by atoms with E-state index in [1.165, 1.54) is 0 Å². The first-order valence-electron chi connectivity index (χ1n) is 2.34. The second-order valence-electron chi connectivity index (χ2n) is 1.57. The number of nitrogens with two attached hydrogens (primary N) is 1. The van der Waals surface area contributed by atoms with E-state index in [9.17, 15) is 0 Å². The maximum atomic E-state index is 7.09. The molecule has 1 heterocycles. The Morgan fingerprint density at radius 2 is 2.00 bits per heavy atom. The van der Waals surface area contributed by atoms with Crippen LogP contribution in [-0.2, 0) is 32.7 Å². The minimum absolute atomic E-state index is 0. The number of hydrogen-bond donors (Lipinski definition) is 1. The minimum Gasteiger partial charge on any atom is -0.480 e. The van der Waals surface area contributed by atoms with Crippen molar-refractivity contribution >= 4 is 27.4 Å². The molecule has 0 saturated heterocycles. The molecule has 2 radical (unpaired) electrons. The van der Waals surface area contributed by atoms with E-state index in [-0.39, 0.29) is 52.8 Å². The fourth-order valence-electron chi connectivity index (χ4n) is 0.446. The van der Waals surface area contributed by atoms with Gasteiger partial charge in [-0.15, -0.1) is 0 Å². The zero-order valence-corrected chi connectivity index (χ0v) is 13.1. The van der Waals surface area contributed by atoms with Crippen molar-refractivity contribution in [1.29, 1.82) is 0 Å². The molecule has 0 aliphatic heterocycles. The molecule has 0 aromatic carbocycles. The summed E-state index contributed by atoms with van der Waals surface area (Å²) in [5.74, 6) is 0.115. The number of nitrogens with zero attached hydrogens (tertiary/aromatic N) is 1. The number of nitrogen functional groups attached to an aromatic ring is 1. The number of rotatable bonds is 0. The summed E-state index contributed by atoms with van der Waals surface area (Å²) in [4.78, 5) is 3.73. The zero-order valence-electron chi connectivity index (χ0n) is 5.51. The van der Waals surface area contributed by atoms with E-state index in [2.05, 4.69) is 20.9 Å². The van der Waals surface area contributed by atoms with Gasteiger partial charge in [-0.05, 0) is 18.0 Å². The third kappa shape index (κ3) is 4.33. The Labute approximate surface area is 107 Å². The molecule has 11 heavy (non-hydrogen) atoms. The SMILES string of the molecule is [Am].[NH-]c1nc(Br)ccc1N.[Y]. The van der Waals surface area contributed by atoms with Crippen molar-refractivity contribution in [2.24, 2.45) is 0 Å². The van der Waals surface area contributed by atoms with Gasteiger partial charge in [-0.1, -0.05) is 15.9 Å². The number of hydrogen-bond acceptors (Lipinski definition) is 2. The molecule has 0 bridgehead atoms. The average molecular weight is 519 g/mol. The van der Waals surface area contributed by atoms with Gasteiger partial charge >= 0.3 is 0 Å². The van der Waals surface area contributed by atoms with Gasteiger partial charge < -0.3 is 16.5 Å². The average Bonchev–Trinajstić information content (AvgIpc) is 1.80. The van der Waals surface area contributed by atoms with Gasteiger partial charge in [0.2, 0.25) is 0 Å². The zero-order chi connectivity index (χ0) is 6.85. The van der Waals surface area contributed by atoms with Crippen LogP contribution < -0.4 is 5.73 Å². The van der Waals surface area contributed by atoms with Gasteiger partial charge in [0, 0.05) is 57.3 Å². The van der Waals surface area contributed by atoms with Crippen molar-refractivity contribution in [1.82, 2.24) is 4.98 Å². The predicted octanol–water partition coefficient (Wildman–Crippen LogP) is 2.11. The number of aromatic nitrogens is 1. The summed E-state index contributed by atoms with van der Waals surface area (Å²) in [5, 5.41) is 0. The molecule has 0 atom stereocenters. The third-order valence-corrected chi connectivity index (χ3v) is 1.33. The summed E-state index contributed by atoms with van der Waals surface area (Å²) in [5.41, 5.74) is 12.8. The molecule has 3 N–H and O–H groups in total. The molecule has 6 heteroatoms. The van der Waals surface area contributed by atoms with E-state index >= 15 is 0 Å². The summed E-state index contributed by atoms with van der Waals surface area (Å²) in [6.45, 7) is 0. The topological polar surface area (TPSA) is 62.7 Å². The van der Waals surface area contributed by atoms with E-state index in [0.29, 0.717) is 10.3 Å². The summed E-state index contributed by atoms with van der Waals surface area (Å²) >= 11 is 3.11. The van der Waals surface area contributed by atoms with Crippen molar-refractivity contribution in [3.63, 3.8) is 0 Å². The molecule has 1 aromatic rings. The Hall–Kier alpha value is 0.724. The van der Waals surface area contributed by atoms with Gasteiger partial charge in [0.1, 0.15) is 0 Å². The molecule has 3 nitrogen and oxygen atoms in total. The van der Waals surface area contributed by atoms with Gasteiger partial charge in [-0.2, -0.15) is 0 Å². The summed E-state index contributed by atoms with van der Waals surface area (Å²) in [7, 11) is 0. The number of halogens is 1. The van der Waals surface area contributed by atoms with Crippen molar-refractivity contribution < 1.29 is 47.0 Å². The van der Waals surface area contributed by atoms with Gasteiger partial charge in [-0.25, -0.2) is 0 Å². The molecule has 0 amide bonds. The maximum absolute atomic E-state index is 7.09. The first kappa shape index (κ1) is 14.3. The molecule has 58 valence electrons. The van der Waals surface area contributed by atoms with Gasteiger partial charge in [0.25, 0.3) is 0 Å². The Bertz CT molecular complexity index is 233. The Kier molecular flexibility index (Phi) is 8.12. The maximum Gasteiger partial charge on any atom is 0.0300 e. The van der Waals surface area contributed by atoms with Crippen LogP contribution in [0.4, 0.5) is 11.5 Å². The first-order chi connectivity index (χ1) is 4.20. The summed E-state index contributed by atoms with van der Waals surface area (Å²) < 4.78 is 0.640. The van der Waals surface area contributed by atoms with Gasteiger partial charge in [0.15, 0.2) is 0 Å². The van der Waals surface area contributed by atoms with Crippen LogP contribution in [0.5, 0.6) is 0 Å². The Morgan fingerprint density at radius 1 is 1.45 bits per heavy atom. The van der Waals surface area contributed by atoms with E-state index in [4.69, 9.17) is 11.5 Å². The predicted molar refractivity (Wildman–Crippen MR) is 40.3 cm³/mol. The standard InChI is InChI=1S/C5H5BrN3.Am.Y/c6-4-2-1-3(7)5(8)9-4;;/h1-2H,7H2,(H-,8,9);;/q-1;;. The molecule has 0 fully saturated rings. The smallest absolute Gasteiger partial charge is 0.0300 e. The Morgan fingerprint density at radius 3 is 2.36 bits per heavy atom. The van der Waals surface area contributed by atoms with E-state index in [0.717, 1.165) is 0 Å². The minimum atomic E-state index is 0. The van der Waals surface area contributed by atoms with E-state index in [1.807, 2.05) is 0 Å². The van der Waals surface area contributed by atoms with Crippen LogP contribution in [0.1, 0.15) is 0 Å². The van der Waals surface area contributed by atoms with Gasteiger partial charge in [-0.3, -0.25) is 0 Å². The molecular weight excluding hydrogens is 514 g/mol. The van der Waals surface area contributed by atoms with Crippen LogP contribution in [0.3, 0.4) is 0 Å². The van der Waals surface area contributed by atoms with Crippen molar-refractivity contribution in [2.75, 3.05) is 5.73 Å². The fraction of sp³-hybridized carbons (Fsp3) is 0. The molecule has 0 unspecified atom stereocenters. The molecule has 0 aliphatic carbocycles. The number of nitrogens with one attached hydrogen (secondary N) is 1. The van der Waals surface area contributed by atoms with Gasteiger partial charge in [0.05, 0.1) is 0 Å². The molecule has 0 aliphatic rings.